The number of rotatable bonds is 0. The molecule has 0 bridgehead atoms. The second-order valence-corrected chi connectivity index (χ2v) is 0. The summed E-state index contributed by atoms with van der Waals surface area (Å²) in [6.45, 7) is 0. The molecule has 0 aromatic carbocycles. The first-order valence-corrected chi connectivity index (χ1v) is 0. The SMILES string of the molecule is O.O.[K+].[OH-].[V]. The smallest absolute Gasteiger partial charge is 0.870 e. The van der Waals surface area contributed by atoms with E-state index in [0.717, 1.165) is 0 Å². The summed E-state index contributed by atoms with van der Waals surface area (Å²) in [6, 6.07) is 0. The van der Waals surface area contributed by atoms with Gasteiger partial charge in [-0.15, -0.1) is 0 Å². The van der Waals surface area contributed by atoms with Crippen molar-refractivity contribution in [3.05, 3.63) is 0 Å². The van der Waals surface area contributed by atoms with Gasteiger partial charge in [0.25, 0.3) is 0 Å². The second-order valence-electron chi connectivity index (χ2n) is 0. The Hall–Kier alpha value is 2.10. The fourth-order valence-corrected chi connectivity index (χ4v) is 0. The first-order valence-electron chi connectivity index (χ1n) is 0. The van der Waals surface area contributed by atoms with Gasteiger partial charge in [-0.25, -0.2) is 0 Å². The summed E-state index contributed by atoms with van der Waals surface area (Å²) in [5.74, 6) is 0. The van der Waals surface area contributed by atoms with Crippen molar-refractivity contribution in [3.8, 4) is 0 Å². The van der Waals surface area contributed by atoms with Crippen molar-refractivity contribution in [1.82, 2.24) is 0 Å². The molecular formula is H5KO3V. The standard InChI is InChI=1S/K.3H2O.V/h;3*1H2;/q+1;;;;/p-1. The Bertz CT molecular complexity index is 6.85. The van der Waals surface area contributed by atoms with Gasteiger partial charge in [-0.05, 0) is 0 Å². The third-order valence-corrected chi connectivity index (χ3v) is 0. The van der Waals surface area contributed by atoms with Crippen molar-refractivity contribution in [2.75, 3.05) is 0 Å². The van der Waals surface area contributed by atoms with E-state index in [1.54, 1.807) is 0 Å². The quantitative estimate of drug-likeness (QED) is 0.312. The molecule has 0 rings (SSSR count). The van der Waals surface area contributed by atoms with Crippen LogP contribution >= 0.6 is 0 Å². The second kappa shape index (κ2) is 36.0. The Morgan fingerprint density at radius 2 is 0.800 bits per heavy atom. The minimum absolute atomic E-state index is 0. The van der Waals surface area contributed by atoms with Gasteiger partial charge in [0.15, 0.2) is 0 Å². The van der Waals surface area contributed by atoms with Crippen molar-refractivity contribution >= 4 is 0 Å². The van der Waals surface area contributed by atoms with E-state index in [4.69, 9.17) is 0 Å². The van der Waals surface area contributed by atoms with Crippen LogP contribution in [-0.2, 0) is 18.6 Å². The molecule has 0 aromatic rings. The zero-order chi connectivity index (χ0) is 0. The van der Waals surface area contributed by atoms with Crippen LogP contribution in [-0.4, -0.2) is 16.4 Å². The van der Waals surface area contributed by atoms with Crippen LogP contribution in [0, 0.1) is 0 Å². The first kappa shape index (κ1) is 59.9. The molecule has 5 heavy (non-hydrogen) atoms. The summed E-state index contributed by atoms with van der Waals surface area (Å²) in [5.41, 5.74) is 0. The van der Waals surface area contributed by atoms with Crippen molar-refractivity contribution < 1.29 is 86.4 Å². The third kappa shape index (κ3) is 23.2. The van der Waals surface area contributed by atoms with Crippen LogP contribution in [0.25, 0.3) is 0 Å². The van der Waals surface area contributed by atoms with Gasteiger partial charge in [0, 0.05) is 18.6 Å². The molecular weight excluding hydrogens is 138 g/mol. The molecule has 0 saturated carbocycles. The molecule has 0 aliphatic heterocycles. The summed E-state index contributed by atoms with van der Waals surface area (Å²) in [7, 11) is 0. The molecule has 0 aliphatic rings. The van der Waals surface area contributed by atoms with Gasteiger partial charge in [0.1, 0.15) is 0 Å². The number of hydrogen-bond donors (Lipinski definition) is 0. The predicted octanol–water partition coefficient (Wildman–Crippen LogP) is -4.82. The zero-order valence-corrected chi connectivity index (χ0v) is 7.41. The monoisotopic (exact) mass is 143 g/mol. The van der Waals surface area contributed by atoms with Gasteiger partial charge in [0.2, 0.25) is 0 Å². The summed E-state index contributed by atoms with van der Waals surface area (Å²) >= 11 is 0. The van der Waals surface area contributed by atoms with Crippen molar-refractivity contribution in [3.63, 3.8) is 0 Å². The summed E-state index contributed by atoms with van der Waals surface area (Å²) < 4.78 is 0. The van der Waals surface area contributed by atoms with Gasteiger partial charge in [-0.3, -0.25) is 0 Å². The fourth-order valence-electron chi connectivity index (χ4n) is 0. The summed E-state index contributed by atoms with van der Waals surface area (Å²) in [5, 5.41) is 0. The molecule has 0 unspecified atom stereocenters. The molecule has 0 aliphatic carbocycles. The molecule has 1 radical (unpaired) electrons. The van der Waals surface area contributed by atoms with Crippen molar-refractivity contribution in [2.24, 2.45) is 0 Å². The molecule has 5 N–H and O–H groups in total. The van der Waals surface area contributed by atoms with Crippen LogP contribution in [0.4, 0.5) is 0 Å². The number of hydrogen-bond acceptors (Lipinski definition) is 1. The molecule has 0 spiro atoms. The molecule has 3 nitrogen and oxygen atoms in total. The molecule has 5 heteroatoms. The van der Waals surface area contributed by atoms with E-state index >= 15 is 0 Å². The van der Waals surface area contributed by atoms with E-state index in [-0.39, 0.29) is 86.4 Å². The van der Waals surface area contributed by atoms with Gasteiger partial charge >= 0.3 is 51.4 Å². The van der Waals surface area contributed by atoms with E-state index in [1.165, 1.54) is 0 Å². The Morgan fingerprint density at radius 3 is 0.800 bits per heavy atom. The fraction of sp³-hybridized carbons (Fsp3) is 0. The third-order valence-electron chi connectivity index (χ3n) is 0. The molecule has 0 atom stereocenters. The molecule has 0 aromatic heterocycles. The normalized spacial score (nSPS) is 0. The van der Waals surface area contributed by atoms with Crippen LogP contribution in [0.1, 0.15) is 0 Å². The topological polar surface area (TPSA) is 93.0 Å². The van der Waals surface area contributed by atoms with Gasteiger partial charge in [-0.2, -0.15) is 0 Å². The van der Waals surface area contributed by atoms with E-state index < -0.39 is 0 Å². The van der Waals surface area contributed by atoms with Gasteiger partial charge in [0.05, 0.1) is 0 Å². The zero-order valence-electron chi connectivity index (χ0n) is 2.89. The van der Waals surface area contributed by atoms with Crippen LogP contribution < -0.4 is 51.4 Å². The summed E-state index contributed by atoms with van der Waals surface area (Å²) in [4.78, 5) is 0. The molecule has 0 fully saturated rings. The van der Waals surface area contributed by atoms with E-state index in [2.05, 4.69) is 0 Å². The van der Waals surface area contributed by atoms with E-state index in [0.29, 0.717) is 0 Å². The van der Waals surface area contributed by atoms with Crippen LogP contribution in [0.15, 0.2) is 0 Å². The van der Waals surface area contributed by atoms with Gasteiger partial charge in [-0.1, -0.05) is 0 Å². The average Bonchev–Trinajstić information content (AvgIpc) is 0. The minimum atomic E-state index is 0. The maximum Gasteiger partial charge on any atom is 1.00 e. The Morgan fingerprint density at radius 1 is 0.800 bits per heavy atom. The average molecular weight is 143 g/mol. The van der Waals surface area contributed by atoms with Crippen LogP contribution in [0.5, 0.6) is 0 Å². The maximum atomic E-state index is 0. The maximum absolute atomic E-state index is 0. The Kier molecular flexibility index (Phi) is 431. The van der Waals surface area contributed by atoms with Crippen molar-refractivity contribution in [2.45, 2.75) is 0 Å². The van der Waals surface area contributed by atoms with Gasteiger partial charge < -0.3 is 16.4 Å². The molecule has 29 valence electrons. The van der Waals surface area contributed by atoms with Crippen LogP contribution in [0.3, 0.4) is 0 Å². The van der Waals surface area contributed by atoms with E-state index in [9.17, 15) is 0 Å². The van der Waals surface area contributed by atoms with E-state index in [1.807, 2.05) is 0 Å². The molecule has 0 heterocycles. The Labute approximate surface area is 84.7 Å². The first-order chi connectivity index (χ1) is 0. The Balaban J connectivity index is 0. The summed E-state index contributed by atoms with van der Waals surface area (Å²) in [6.07, 6.45) is 0. The molecule has 0 amide bonds. The molecule has 0 saturated heterocycles. The van der Waals surface area contributed by atoms with Crippen molar-refractivity contribution in [1.29, 1.82) is 0 Å². The van der Waals surface area contributed by atoms with Crippen LogP contribution in [0.2, 0.25) is 0 Å². The predicted molar refractivity (Wildman–Crippen MR) is 9.16 cm³/mol. The largest absolute Gasteiger partial charge is 1.00 e. The minimum Gasteiger partial charge on any atom is -0.870 e.